The van der Waals surface area contributed by atoms with Crippen LogP contribution in [-0.2, 0) is 11.3 Å². The van der Waals surface area contributed by atoms with Crippen LogP contribution in [0.3, 0.4) is 0 Å². The molecular formula is C20H27N3O2. The molecule has 0 spiro atoms. The topological polar surface area (TPSA) is 65.9 Å². The van der Waals surface area contributed by atoms with Gasteiger partial charge in [-0.15, -0.1) is 0 Å². The zero-order chi connectivity index (χ0) is 17.5. The maximum absolute atomic E-state index is 9.34. The Labute approximate surface area is 149 Å². The summed E-state index contributed by atoms with van der Waals surface area (Å²) in [5, 5.41) is 18.6. The third kappa shape index (κ3) is 4.30. The van der Waals surface area contributed by atoms with E-state index in [1.807, 2.05) is 0 Å². The van der Waals surface area contributed by atoms with Crippen LogP contribution in [0.2, 0.25) is 0 Å². The van der Waals surface area contributed by atoms with Gasteiger partial charge in [-0.1, -0.05) is 42.5 Å². The standard InChI is InChI=1S/C20H27N3O2/c1-21-19(23-14-20(9-11-24)10-12-25-15-20)22-13-17-7-4-6-16-5-2-3-8-18(16)17/h2-8,24H,9-15H2,1H3,(H2,21,22,23). The lowest BCUT2D eigenvalue weighted by atomic mass is 9.84. The SMILES string of the molecule is CN=C(NCc1cccc2ccccc12)NCC1(CCO)CCOC1. The van der Waals surface area contributed by atoms with Gasteiger partial charge in [0.1, 0.15) is 0 Å². The molecule has 2 aromatic carbocycles. The van der Waals surface area contributed by atoms with Gasteiger partial charge in [0, 0.05) is 38.8 Å². The summed E-state index contributed by atoms with van der Waals surface area (Å²) in [4.78, 5) is 4.33. The Hall–Kier alpha value is -2.11. The Morgan fingerprint density at radius 1 is 1.20 bits per heavy atom. The van der Waals surface area contributed by atoms with Gasteiger partial charge in [0.15, 0.2) is 5.96 Å². The van der Waals surface area contributed by atoms with Gasteiger partial charge in [0.2, 0.25) is 0 Å². The third-order valence-corrected chi connectivity index (χ3v) is 5.01. The van der Waals surface area contributed by atoms with Gasteiger partial charge in [-0.2, -0.15) is 0 Å². The number of nitrogens with zero attached hydrogens (tertiary/aromatic N) is 1. The number of hydrogen-bond donors (Lipinski definition) is 3. The van der Waals surface area contributed by atoms with Crippen molar-refractivity contribution < 1.29 is 9.84 Å². The maximum Gasteiger partial charge on any atom is 0.191 e. The molecule has 2 aromatic rings. The number of hydrogen-bond acceptors (Lipinski definition) is 3. The Kier molecular flexibility index (Phi) is 5.89. The second-order valence-corrected chi connectivity index (χ2v) is 6.69. The van der Waals surface area contributed by atoms with E-state index in [2.05, 4.69) is 58.1 Å². The molecule has 25 heavy (non-hydrogen) atoms. The van der Waals surface area contributed by atoms with Crippen molar-refractivity contribution >= 4 is 16.7 Å². The highest BCUT2D eigenvalue weighted by Gasteiger charge is 2.34. The number of guanidine groups is 1. The minimum atomic E-state index is 0.00577. The normalized spacial score (nSPS) is 20.8. The van der Waals surface area contributed by atoms with Crippen LogP contribution in [0.15, 0.2) is 47.5 Å². The molecule has 3 N–H and O–H groups in total. The largest absolute Gasteiger partial charge is 0.396 e. The molecule has 134 valence electrons. The first kappa shape index (κ1) is 17.7. The molecule has 5 heteroatoms. The van der Waals surface area contributed by atoms with E-state index in [1.54, 1.807) is 7.05 Å². The van der Waals surface area contributed by atoms with Gasteiger partial charge >= 0.3 is 0 Å². The lowest BCUT2D eigenvalue weighted by Crippen LogP contribution is -2.44. The van der Waals surface area contributed by atoms with Crippen molar-refractivity contribution in [2.45, 2.75) is 19.4 Å². The summed E-state index contributed by atoms with van der Waals surface area (Å²) in [6, 6.07) is 14.8. The second kappa shape index (κ2) is 8.32. The number of ether oxygens (including phenoxy) is 1. The zero-order valence-electron chi connectivity index (χ0n) is 14.8. The van der Waals surface area contributed by atoms with Crippen LogP contribution in [0, 0.1) is 5.41 Å². The van der Waals surface area contributed by atoms with E-state index < -0.39 is 0 Å². The van der Waals surface area contributed by atoms with Crippen molar-refractivity contribution in [2.24, 2.45) is 10.4 Å². The summed E-state index contributed by atoms with van der Waals surface area (Å²) in [6.45, 7) is 3.12. The summed E-state index contributed by atoms with van der Waals surface area (Å²) in [7, 11) is 1.78. The number of rotatable bonds is 6. The summed E-state index contributed by atoms with van der Waals surface area (Å²) < 4.78 is 5.55. The van der Waals surface area contributed by atoms with Gasteiger partial charge in [-0.25, -0.2) is 0 Å². The third-order valence-electron chi connectivity index (χ3n) is 5.01. The van der Waals surface area contributed by atoms with Crippen LogP contribution in [0.4, 0.5) is 0 Å². The molecular weight excluding hydrogens is 314 g/mol. The summed E-state index contributed by atoms with van der Waals surface area (Å²) in [5.74, 6) is 0.775. The molecule has 0 bridgehead atoms. The van der Waals surface area contributed by atoms with E-state index in [-0.39, 0.29) is 12.0 Å². The van der Waals surface area contributed by atoms with E-state index in [0.717, 1.165) is 32.0 Å². The summed E-state index contributed by atoms with van der Waals surface area (Å²) >= 11 is 0. The minimum Gasteiger partial charge on any atom is -0.396 e. The molecule has 1 atom stereocenters. The van der Waals surface area contributed by atoms with E-state index in [9.17, 15) is 5.11 Å². The minimum absolute atomic E-state index is 0.00577. The highest BCUT2D eigenvalue weighted by Crippen LogP contribution is 2.31. The van der Waals surface area contributed by atoms with Crippen LogP contribution in [0.1, 0.15) is 18.4 Å². The molecule has 0 amide bonds. The Morgan fingerprint density at radius 3 is 2.80 bits per heavy atom. The van der Waals surface area contributed by atoms with E-state index >= 15 is 0 Å². The number of aliphatic hydroxyl groups excluding tert-OH is 1. The number of aliphatic imine (C=N–C) groups is 1. The molecule has 1 heterocycles. The lowest BCUT2D eigenvalue weighted by molar-refractivity contribution is 0.127. The van der Waals surface area contributed by atoms with Crippen molar-refractivity contribution in [3.05, 3.63) is 48.0 Å². The van der Waals surface area contributed by atoms with Gasteiger partial charge in [-0.3, -0.25) is 4.99 Å². The average Bonchev–Trinajstić information content (AvgIpc) is 3.11. The van der Waals surface area contributed by atoms with Gasteiger partial charge in [0.05, 0.1) is 6.61 Å². The molecule has 5 nitrogen and oxygen atoms in total. The van der Waals surface area contributed by atoms with Crippen LogP contribution in [0.5, 0.6) is 0 Å². The molecule has 1 fully saturated rings. The van der Waals surface area contributed by atoms with Crippen molar-refractivity contribution in [1.29, 1.82) is 0 Å². The molecule has 1 aliphatic heterocycles. The quantitative estimate of drug-likeness (QED) is 0.557. The van der Waals surface area contributed by atoms with Crippen molar-refractivity contribution in [1.82, 2.24) is 10.6 Å². The maximum atomic E-state index is 9.34. The number of benzene rings is 2. The molecule has 0 saturated carbocycles. The smallest absolute Gasteiger partial charge is 0.191 e. The number of aliphatic hydroxyl groups is 1. The fourth-order valence-corrected chi connectivity index (χ4v) is 3.43. The highest BCUT2D eigenvalue weighted by molar-refractivity contribution is 5.86. The monoisotopic (exact) mass is 341 g/mol. The summed E-state index contributed by atoms with van der Waals surface area (Å²) in [6.07, 6.45) is 1.72. The van der Waals surface area contributed by atoms with Gasteiger partial charge < -0.3 is 20.5 Å². The van der Waals surface area contributed by atoms with Crippen LogP contribution >= 0.6 is 0 Å². The second-order valence-electron chi connectivity index (χ2n) is 6.69. The van der Waals surface area contributed by atoms with Crippen molar-refractivity contribution in [3.8, 4) is 0 Å². The zero-order valence-corrected chi connectivity index (χ0v) is 14.8. The Bertz CT molecular complexity index is 718. The van der Waals surface area contributed by atoms with Gasteiger partial charge in [0.25, 0.3) is 0 Å². The van der Waals surface area contributed by atoms with Crippen molar-refractivity contribution in [2.75, 3.05) is 33.4 Å². The average molecular weight is 341 g/mol. The molecule has 3 rings (SSSR count). The first-order valence-corrected chi connectivity index (χ1v) is 8.86. The van der Waals surface area contributed by atoms with E-state index in [0.29, 0.717) is 13.2 Å². The van der Waals surface area contributed by atoms with Gasteiger partial charge in [-0.05, 0) is 29.2 Å². The van der Waals surface area contributed by atoms with Crippen LogP contribution < -0.4 is 10.6 Å². The fourth-order valence-electron chi connectivity index (χ4n) is 3.43. The molecule has 0 aromatic heterocycles. The van der Waals surface area contributed by atoms with Crippen LogP contribution in [0.25, 0.3) is 10.8 Å². The first-order chi connectivity index (χ1) is 12.3. The Balaban J connectivity index is 1.61. The lowest BCUT2D eigenvalue weighted by Gasteiger charge is -2.27. The molecule has 0 aliphatic carbocycles. The molecule has 1 unspecified atom stereocenters. The molecule has 0 radical (unpaired) electrons. The molecule has 1 saturated heterocycles. The Morgan fingerprint density at radius 2 is 2.04 bits per heavy atom. The number of nitrogens with one attached hydrogen (secondary N) is 2. The highest BCUT2D eigenvalue weighted by atomic mass is 16.5. The predicted molar refractivity (Wildman–Crippen MR) is 102 cm³/mol. The molecule has 1 aliphatic rings. The van der Waals surface area contributed by atoms with Crippen LogP contribution in [-0.4, -0.2) is 44.5 Å². The van der Waals surface area contributed by atoms with E-state index in [1.165, 1.54) is 16.3 Å². The first-order valence-electron chi connectivity index (χ1n) is 8.86. The summed E-state index contributed by atoms with van der Waals surface area (Å²) in [5.41, 5.74) is 1.25. The number of fused-ring (bicyclic) bond motifs is 1. The fraction of sp³-hybridized carbons (Fsp3) is 0.450. The van der Waals surface area contributed by atoms with Crippen molar-refractivity contribution in [3.63, 3.8) is 0 Å². The predicted octanol–water partition coefficient (Wildman–Crippen LogP) is 2.29. The van der Waals surface area contributed by atoms with E-state index in [4.69, 9.17) is 4.74 Å².